The number of benzene rings is 1. The van der Waals surface area contributed by atoms with Gasteiger partial charge < -0.3 is 14.1 Å². The Labute approximate surface area is 154 Å². The van der Waals surface area contributed by atoms with Gasteiger partial charge in [-0.25, -0.2) is 4.79 Å². The standard InChI is InChI=1S/C20H19NO4S/c22-19(17-11-14-5-1-2-8-18(14)25-20(17)23)21(12-15-6-3-9-24-15)13-16-7-4-10-26-16/h1-2,4-5,7-8,10-11,15H,3,6,9,12-13H2/t15-/m1/s1. The molecule has 1 aliphatic rings. The fraction of sp³-hybridized carbons (Fsp3) is 0.300. The van der Waals surface area contributed by atoms with E-state index in [1.54, 1.807) is 34.4 Å². The third-order valence-electron chi connectivity index (χ3n) is 4.53. The number of hydrogen-bond acceptors (Lipinski definition) is 5. The predicted molar refractivity (Wildman–Crippen MR) is 101 cm³/mol. The molecule has 1 aliphatic heterocycles. The van der Waals surface area contributed by atoms with Crippen molar-refractivity contribution in [1.29, 1.82) is 0 Å². The highest BCUT2D eigenvalue weighted by molar-refractivity contribution is 7.09. The number of para-hydroxylation sites is 1. The van der Waals surface area contributed by atoms with Crippen LogP contribution in [0.3, 0.4) is 0 Å². The molecule has 0 radical (unpaired) electrons. The first-order valence-corrected chi connectivity index (χ1v) is 9.55. The first-order valence-electron chi connectivity index (χ1n) is 8.67. The Balaban J connectivity index is 1.66. The lowest BCUT2D eigenvalue weighted by Crippen LogP contribution is -2.38. The number of nitrogens with zero attached hydrogens (tertiary/aromatic N) is 1. The van der Waals surface area contributed by atoms with Crippen molar-refractivity contribution in [3.8, 4) is 0 Å². The van der Waals surface area contributed by atoms with E-state index in [2.05, 4.69) is 0 Å². The van der Waals surface area contributed by atoms with Crippen LogP contribution in [0, 0.1) is 0 Å². The Morgan fingerprint density at radius 3 is 2.88 bits per heavy atom. The van der Waals surface area contributed by atoms with Crippen molar-refractivity contribution in [2.24, 2.45) is 0 Å². The van der Waals surface area contributed by atoms with Crippen LogP contribution < -0.4 is 5.63 Å². The minimum Gasteiger partial charge on any atom is -0.422 e. The van der Waals surface area contributed by atoms with Gasteiger partial charge in [-0.05, 0) is 36.4 Å². The van der Waals surface area contributed by atoms with Crippen molar-refractivity contribution >= 4 is 28.2 Å². The molecule has 1 atom stereocenters. The number of hydrogen-bond donors (Lipinski definition) is 0. The fourth-order valence-corrected chi connectivity index (χ4v) is 3.94. The Bertz CT molecular complexity index is 957. The minimum atomic E-state index is -0.600. The molecule has 4 rings (SSSR count). The highest BCUT2D eigenvalue weighted by Gasteiger charge is 2.26. The first-order chi connectivity index (χ1) is 12.7. The molecule has 3 heterocycles. The van der Waals surface area contributed by atoms with Crippen LogP contribution in [0.5, 0.6) is 0 Å². The second kappa shape index (κ2) is 7.43. The highest BCUT2D eigenvalue weighted by atomic mass is 32.1. The third-order valence-corrected chi connectivity index (χ3v) is 5.40. The van der Waals surface area contributed by atoms with E-state index >= 15 is 0 Å². The molecule has 1 amide bonds. The Hall–Kier alpha value is -2.44. The lowest BCUT2D eigenvalue weighted by atomic mass is 10.1. The van der Waals surface area contributed by atoms with E-state index in [0.29, 0.717) is 18.7 Å². The fourth-order valence-electron chi connectivity index (χ4n) is 3.23. The van der Waals surface area contributed by atoms with Gasteiger partial charge in [0.15, 0.2) is 0 Å². The lowest BCUT2D eigenvalue weighted by Gasteiger charge is -2.24. The highest BCUT2D eigenvalue weighted by Crippen LogP contribution is 2.20. The van der Waals surface area contributed by atoms with E-state index in [-0.39, 0.29) is 17.6 Å². The first kappa shape index (κ1) is 17.0. The van der Waals surface area contributed by atoms with Crippen molar-refractivity contribution in [2.75, 3.05) is 13.2 Å². The van der Waals surface area contributed by atoms with E-state index in [1.165, 1.54) is 0 Å². The molecule has 0 aliphatic carbocycles. The molecular weight excluding hydrogens is 350 g/mol. The number of fused-ring (bicyclic) bond motifs is 1. The van der Waals surface area contributed by atoms with Gasteiger partial charge >= 0.3 is 5.63 Å². The number of thiophene rings is 1. The van der Waals surface area contributed by atoms with Crippen molar-refractivity contribution in [3.05, 3.63) is 68.7 Å². The minimum absolute atomic E-state index is 0.0198. The van der Waals surface area contributed by atoms with Crippen molar-refractivity contribution < 1.29 is 13.9 Å². The SMILES string of the molecule is O=C(c1cc2ccccc2oc1=O)N(Cc1cccs1)C[C@H]1CCCO1. The molecule has 1 fully saturated rings. The Kier molecular flexibility index (Phi) is 4.86. The van der Waals surface area contributed by atoms with Gasteiger partial charge in [0.2, 0.25) is 0 Å². The van der Waals surface area contributed by atoms with Gasteiger partial charge in [0, 0.05) is 23.4 Å². The largest absolute Gasteiger partial charge is 0.422 e. The van der Waals surface area contributed by atoms with E-state index in [1.807, 2.05) is 29.6 Å². The molecule has 2 aromatic heterocycles. The van der Waals surface area contributed by atoms with Crippen LogP contribution in [-0.2, 0) is 11.3 Å². The molecule has 1 aromatic carbocycles. The summed E-state index contributed by atoms with van der Waals surface area (Å²) in [5, 5.41) is 2.72. The number of carbonyl (C=O) groups is 1. The monoisotopic (exact) mass is 369 g/mol. The van der Waals surface area contributed by atoms with Gasteiger partial charge in [0.25, 0.3) is 5.91 Å². The molecule has 0 bridgehead atoms. The van der Waals surface area contributed by atoms with Crippen LogP contribution in [0.25, 0.3) is 11.0 Å². The van der Waals surface area contributed by atoms with Crippen LogP contribution in [-0.4, -0.2) is 30.1 Å². The summed E-state index contributed by atoms with van der Waals surface area (Å²) >= 11 is 1.59. The average Bonchev–Trinajstić information content (AvgIpc) is 3.34. The number of ether oxygens (including phenoxy) is 1. The zero-order valence-electron chi connectivity index (χ0n) is 14.2. The molecule has 0 N–H and O–H groups in total. The van der Waals surface area contributed by atoms with Gasteiger partial charge in [0.1, 0.15) is 11.1 Å². The third kappa shape index (κ3) is 3.57. The van der Waals surface area contributed by atoms with Gasteiger partial charge in [-0.3, -0.25) is 4.79 Å². The topological polar surface area (TPSA) is 59.8 Å². The van der Waals surface area contributed by atoms with Crippen molar-refractivity contribution in [3.63, 3.8) is 0 Å². The summed E-state index contributed by atoms with van der Waals surface area (Å²) < 4.78 is 11.0. The van der Waals surface area contributed by atoms with Crippen LogP contribution in [0.4, 0.5) is 0 Å². The van der Waals surface area contributed by atoms with Crippen LogP contribution in [0.15, 0.2) is 57.1 Å². The molecule has 0 saturated carbocycles. The maximum absolute atomic E-state index is 13.1. The predicted octanol–water partition coefficient (Wildman–Crippen LogP) is 3.68. The normalized spacial score (nSPS) is 16.8. The van der Waals surface area contributed by atoms with E-state index in [4.69, 9.17) is 9.15 Å². The zero-order chi connectivity index (χ0) is 17.9. The van der Waals surface area contributed by atoms with Crippen LogP contribution in [0.1, 0.15) is 28.1 Å². The van der Waals surface area contributed by atoms with E-state index < -0.39 is 5.63 Å². The maximum Gasteiger partial charge on any atom is 0.349 e. The summed E-state index contributed by atoms with van der Waals surface area (Å²) in [6, 6.07) is 12.8. The zero-order valence-corrected chi connectivity index (χ0v) is 15.0. The molecular formula is C20H19NO4S. The van der Waals surface area contributed by atoms with Crippen molar-refractivity contribution in [2.45, 2.75) is 25.5 Å². The van der Waals surface area contributed by atoms with Gasteiger partial charge in [-0.1, -0.05) is 24.3 Å². The molecule has 134 valence electrons. The smallest absolute Gasteiger partial charge is 0.349 e. The second-order valence-corrected chi connectivity index (χ2v) is 7.42. The summed E-state index contributed by atoms with van der Waals surface area (Å²) in [5.74, 6) is -0.312. The molecule has 1 saturated heterocycles. The van der Waals surface area contributed by atoms with Crippen LogP contribution >= 0.6 is 11.3 Å². The summed E-state index contributed by atoms with van der Waals surface area (Å²) in [4.78, 5) is 28.3. The number of rotatable bonds is 5. The molecule has 5 nitrogen and oxygen atoms in total. The molecule has 0 spiro atoms. The van der Waals surface area contributed by atoms with E-state index in [0.717, 1.165) is 29.7 Å². The van der Waals surface area contributed by atoms with E-state index in [9.17, 15) is 9.59 Å². The quantitative estimate of drug-likeness (QED) is 0.644. The van der Waals surface area contributed by atoms with Gasteiger partial charge in [-0.2, -0.15) is 0 Å². The molecule has 0 unspecified atom stereocenters. The summed E-state index contributed by atoms with van der Waals surface area (Å²) in [5.41, 5.74) is -0.0477. The second-order valence-electron chi connectivity index (χ2n) is 6.39. The number of carbonyl (C=O) groups excluding carboxylic acids is 1. The molecule has 26 heavy (non-hydrogen) atoms. The van der Waals surface area contributed by atoms with Crippen molar-refractivity contribution in [1.82, 2.24) is 4.90 Å². The summed E-state index contributed by atoms with van der Waals surface area (Å²) in [6.45, 7) is 1.66. The maximum atomic E-state index is 13.1. The average molecular weight is 369 g/mol. The van der Waals surface area contributed by atoms with Gasteiger partial charge in [-0.15, -0.1) is 11.3 Å². The molecule has 6 heteroatoms. The number of amides is 1. The Morgan fingerprint density at radius 2 is 2.12 bits per heavy atom. The molecule has 3 aromatic rings. The Morgan fingerprint density at radius 1 is 1.23 bits per heavy atom. The summed E-state index contributed by atoms with van der Waals surface area (Å²) in [6.07, 6.45) is 1.95. The van der Waals surface area contributed by atoms with Crippen LogP contribution in [0.2, 0.25) is 0 Å². The summed E-state index contributed by atoms with van der Waals surface area (Å²) in [7, 11) is 0. The lowest BCUT2D eigenvalue weighted by molar-refractivity contribution is 0.0506. The van der Waals surface area contributed by atoms with Gasteiger partial charge in [0.05, 0.1) is 12.6 Å².